The average molecular weight is 324 g/mol. The molecule has 21 heavy (non-hydrogen) atoms. The normalized spacial score (nSPS) is 10.4. The Morgan fingerprint density at radius 2 is 1.95 bits per heavy atom. The van der Waals surface area contributed by atoms with E-state index in [1.807, 2.05) is 6.07 Å². The molecule has 2 aromatic rings. The lowest BCUT2D eigenvalue weighted by Crippen LogP contribution is -2.26. The molecule has 0 heterocycles. The van der Waals surface area contributed by atoms with E-state index in [9.17, 15) is 9.90 Å². The molecule has 0 fully saturated rings. The van der Waals surface area contributed by atoms with Crippen LogP contribution in [0.2, 0.25) is 10.0 Å². The van der Waals surface area contributed by atoms with Gasteiger partial charge < -0.3 is 10.4 Å². The Hall–Kier alpha value is -1.71. The first-order valence-corrected chi connectivity index (χ1v) is 7.24. The number of benzene rings is 2. The Bertz CT molecular complexity index is 671. The number of amides is 1. The molecular formula is C16H15Cl2NO2. The van der Waals surface area contributed by atoms with Crippen molar-refractivity contribution in [3.8, 4) is 5.75 Å². The number of rotatable bonds is 4. The van der Waals surface area contributed by atoms with E-state index in [0.29, 0.717) is 28.6 Å². The largest absolute Gasteiger partial charge is 0.508 e. The van der Waals surface area contributed by atoms with E-state index in [0.717, 1.165) is 11.1 Å². The number of halogens is 2. The summed E-state index contributed by atoms with van der Waals surface area (Å²) in [6.45, 7) is 2.26. The molecule has 0 radical (unpaired) electrons. The molecule has 0 unspecified atom stereocenters. The molecule has 3 nitrogen and oxygen atoms in total. The van der Waals surface area contributed by atoms with E-state index in [4.69, 9.17) is 23.2 Å². The van der Waals surface area contributed by atoms with E-state index in [1.165, 1.54) is 6.07 Å². The van der Waals surface area contributed by atoms with Crippen molar-refractivity contribution in [1.29, 1.82) is 0 Å². The molecule has 0 aliphatic rings. The molecule has 110 valence electrons. The van der Waals surface area contributed by atoms with E-state index in [-0.39, 0.29) is 11.7 Å². The van der Waals surface area contributed by atoms with Crippen LogP contribution in [0, 0.1) is 6.92 Å². The lowest BCUT2D eigenvalue weighted by molar-refractivity contribution is 0.0953. The number of aryl methyl sites for hydroxylation is 1. The summed E-state index contributed by atoms with van der Waals surface area (Å²) >= 11 is 11.9. The third-order valence-electron chi connectivity index (χ3n) is 3.15. The summed E-state index contributed by atoms with van der Waals surface area (Å²) in [5, 5.41) is 13.4. The van der Waals surface area contributed by atoms with Gasteiger partial charge in [0.05, 0.1) is 0 Å². The molecule has 2 aromatic carbocycles. The molecule has 0 aliphatic carbocycles. The maximum Gasteiger partial charge on any atom is 0.251 e. The molecule has 0 saturated heterocycles. The van der Waals surface area contributed by atoms with E-state index < -0.39 is 0 Å². The molecule has 0 bridgehead atoms. The van der Waals surface area contributed by atoms with Crippen LogP contribution in [0.5, 0.6) is 5.75 Å². The Morgan fingerprint density at radius 3 is 2.62 bits per heavy atom. The van der Waals surface area contributed by atoms with Crippen LogP contribution in [0.15, 0.2) is 36.4 Å². The zero-order valence-electron chi connectivity index (χ0n) is 11.5. The Labute approximate surface area is 133 Å². The van der Waals surface area contributed by atoms with E-state index >= 15 is 0 Å². The van der Waals surface area contributed by atoms with Crippen molar-refractivity contribution in [2.75, 3.05) is 6.54 Å². The molecule has 0 aromatic heterocycles. The van der Waals surface area contributed by atoms with Gasteiger partial charge in [-0.25, -0.2) is 0 Å². The number of carbonyl (C=O) groups excluding carboxylic acids is 1. The topological polar surface area (TPSA) is 49.3 Å². The van der Waals surface area contributed by atoms with Gasteiger partial charge in [-0.2, -0.15) is 0 Å². The number of hydrogen-bond acceptors (Lipinski definition) is 2. The third kappa shape index (κ3) is 4.13. The molecule has 1 amide bonds. The van der Waals surface area contributed by atoms with Crippen molar-refractivity contribution in [3.05, 3.63) is 63.1 Å². The predicted octanol–water partition coefficient (Wildman–Crippen LogP) is 3.98. The van der Waals surface area contributed by atoms with Crippen LogP contribution in [-0.4, -0.2) is 17.6 Å². The highest BCUT2D eigenvalue weighted by molar-refractivity contribution is 6.35. The van der Waals surface area contributed by atoms with Crippen molar-refractivity contribution in [2.45, 2.75) is 13.3 Å². The van der Waals surface area contributed by atoms with Gasteiger partial charge in [0.25, 0.3) is 5.91 Å². The first-order valence-electron chi connectivity index (χ1n) is 6.49. The maximum absolute atomic E-state index is 12.1. The Kier molecular flexibility index (Phi) is 5.10. The van der Waals surface area contributed by atoms with Gasteiger partial charge in [-0.15, -0.1) is 0 Å². The van der Waals surface area contributed by atoms with Crippen LogP contribution in [0.4, 0.5) is 0 Å². The zero-order chi connectivity index (χ0) is 15.4. The van der Waals surface area contributed by atoms with Crippen molar-refractivity contribution in [3.63, 3.8) is 0 Å². The number of carbonyl (C=O) groups is 1. The van der Waals surface area contributed by atoms with E-state index in [2.05, 4.69) is 5.32 Å². The standard InChI is InChI=1S/C16H15Cl2NO2/c1-10-8-13(20)4-5-14(10)16(21)19-7-6-11-2-3-12(17)9-15(11)18/h2-5,8-9,20H,6-7H2,1H3,(H,19,21). The third-order valence-corrected chi connectivity index (χ3v) is 3.74. The Morgan fingerprint density at radius 1 is 1.19 bits per heavy atom. The van der Waals surface area contributed by atoms with Gasteiger partial charge in [-0.1, -0.05) is 29.3 Å². The second kappa shape index (κ2) is 6.83. The van der Waals surface area contributed by atoms with Crippen LogP contribution >= 0.6 is 23.2 Å². The van der Waals surface area contributed by atoms with Crippen LogP contribution in [0.1, 0.15) is 21.5 Å². The smallest absolute Gasteiger partial charge is 0.251 e. The lowest BCUT2D eigenvalue weighted by atomic mass is 10.1. The van der Waals surface area contributed by atoms with Crippen molar-refractivity contribution < 1.29 is 9.90 Å². The highest BCUT2D eigenvalue weighted by atomic mass is 35.5. The number of aromatic hydroxyl groups is 1. The minimum atomic E-state index is -0.169. The maximum atomic E-state index is 12.1. The highest BCUT2D eigenvalue weighted by Crippen LogP contribution is 2.21. The first-order chi connectivity index (χ1) is 9.97. The van der Waals surface area contributed by atoms with Crippen LogP contribution in [0.25, 0.3) is 0 Å². The first kappa shape index (κ1) is 15.7. The second-order valence-corrected chi connectivity index (χ2v) is 5.58. The molecule has 2 N–H and O–H groups in total. The Balaban J connectivity index is 1.95. The summed E-state index contributed by atoms with van der Waals surface area (Å²) in [4.78, 5) is 12.1. The van der Waals surface area contributed by atoms with Crippen LogP contribution < -0.4 is 5.32 Å². The molecular weight excluding hydrogens is 309 g/mol. The summed E-state index contributed by atoms with van der Waals surface area (Å²) in [5.41, 5.74) is 2.22. The fourth-order valence-electron chi connectivity index (χ4n) is 2.03. The average Bonchev–Trinajstić information content (AvgIpc) is 2.41. The SMILES string of the molecule is Cc1cc(O)ccc1C(=O)NCCc1ccc(Cl)cc1Cl. The molecule has 0 saturated carbocycles. The fraction of sp³-hybridized carbons (Fsp3) is 0.188. The number of phenolic OH excluding ortho intramolecular Hbond substituents is 1. The molecule has 5 heteroatoms. The fourth-order valence-corrected chi connectivity index (χ4v) is 2.54. The monoisotopic (exact) mass is 323 g/mol. The van der Waals surface area contributed by atoms with Crippen molar-refractivity contribution >= 4 is 29.1 Å². The highest BCUT2D eigenvalue weighted by Gasteiger charge is 2.09. The number of hydrogen-bond donors (Lipinski definition) is 2. The summed E-state index contributed by atoms with van der Waals surface area (Å²) in [5.74, 6) is -0.0189. The molecule has 0 aliphatic heterocycles. The number of nitrogens with one attached hydrogen (secondary N) is 1. The van der Waals surface area contributed by atoms with Crippen molar-refractivity contribution in [1.82, 2.24) is 5.32 Å². The lowest BCUT2D eigenvalue weighted by Gasteiger charge is -2.09. The summed E-state index contributed by atoms with van der Waals surface area (Å²) in [7, 11) is 0. The summed E-state index contributed by atoms with van der Waals surface area (Å²) in [6, 6.07) is 9.97. The van der Waals surface area contributed by atoms with Gasteiger partial charge in [0.15, 0.2) is 0 Å². The molecule has 0 spiro atoms. The van der Waals surface area contributed by atoms with Gasteiger partial charge >= 0.3 is 0 Å². The summed E-state index contributed by atoms with van der Waals surface area (Å²) < 4.78 is 0. The minimum absolute atomic E-state index is 0.150. The van der Waals surface area contributed by atoms with Crippen LogP contribution in [-0.2, 0) is 6.42 Å². The molecule has 0 atom stereocenters. The minimum Gasteiger partial charge on any atom is -0.508 e. The van der Waals surface area contributed by atoms with Gasteiger partial charge in [0.1, 0.15) is 5.75 Å². The quantitative estimate of drug-likeness (QED) is 0.894. The zero-order valence-corrected chi connectivity index (χ0v) is 13.0. The second-order valence-electron chi connectivity index (χ2n) is 4.74. The van der Waals surface area contributed by atoms with Crippen LogP contribution in [0.3, 0.4) is 0 Å². The van der Waals surface area contributed by atoms with E-state index in [1.54, 1.807) is 31.2 Å². The number of phenols is 1. The van der Waals surface area contributed by atoms with Gasteiger partial charge in [-0.3, -0.25) is 4.79 Å². The van der Waals surface area contributed by atoms with Gasteiger partial charge in [0.2, 0.25) is 0 Å². The van der Waals surface area contributed by atoms with Gasteiger partial charge in [0, 0.05) is 22.2 Å². The van der Waals surface area contributed by atoms with Gasteiger partial charge in [-0.05, 0) is 54.8 Å². The predicted molar refractivity (Wildman–Crippen MR) is 85.3 cm³/mol. The molecule has 2 rings (SSSR count). The summed E-state index contributed by atoms with van der Waals surface area (Å²) in [6.07, 6.45) is 0.624. The van der Waals surface area contributed by atoms with Crippen molar-refractivity contribution in [2.24, 2.45) is 0 Å².